The second-order valence-corrected chi connectivity index (χ2v) is 3.63. The molecule has 0 aliphatic heterocycles. The number of hydrogen-bond acceptors (Lipinski definition) is 2. The minimum atomic E-state index is -5.23. The van der Waals surface area contributed by atoms with E-state index in [0.29, 0.717) is 0 Å². The Labute approximate surface area is 68.3 Å². The van der Waals surface area contributed by atoms with Gasteiger partial charge in [0.15, 0.2) is 0 Å². The lowest BCUT2D eigenvalue weighted by Gasteiger charge is -2.06. The predicted octanol–water partition coefficient (Wildman–Crippen LogP) is 1.00. The van der Waals surface area contributed by atoms with Gasteiger partial charge in [-0.05, 0) is 6.92 Å². The van der Waals surface area contributed by atoms with Gasteiger partial charge in [0.1, 0.15) is 0 Å². The average Bonchev–Trinajstić information content (AvgIpc) is 1.85. The van der Waals surface area contributed by atoms with E-state index < -0.39 is 15.5 Å². The zero-order valence-corrected chi connectivity index (χ0v) is 7.04. The van der Waals surface area contributed by atoms with Crippen molar-refractivity contribution in [2.24, 2.45) is 0 Å². The van der Waals surface area contributed by atoms with Crippen LogP contribution in [0.3, 0.4) is 0 Å². The highest BCUT2D eigenvalue weighted by atomic mass is 32.2. The van der Waals surface area contributed by atoms with Crippen LogP contribution in [-0.4, -0.2) is 20.5 Å². The van der Waals surface area contributed by atoms with Crippen molar-refractivity contribution in [1.82, 2.24) is 4.72 Å². The van der Waals surface area contributed by atoms with Crippen molar-refractivity contribution in [1.29, 1.82) is 0 Å². The van der Waals surface area contributed by atoms with Crippen LogP contribution in [0.15, 0.2) is 12.2 Å². The molecular formula is C5H8F3NO2S. The van der Waals surface area contributed by atoms with Gasteiger partial charge in [-0.15, -0.1) is 0 Å². The van der Waals surface area contributed by atoms with E-state index in [1.54, 1.807) is 6.92 Å². The maximum atomic E-state index is 11.6. The molecule has 0 rings (SSSR count). The van der Waals surface area contributed by atoms with Crippen LogP contribution >= 0.6 is 0 Å². The molecule has 1 N–H and O–H groups in total. The van der Waals surface area contributed by atoms with Crippen LogP contribution in [0.2, 0.25) is 0 Å². The number of halogens is 3. The first-order valence-electron chi connectivity index (χ1n) is 2.98. The number of allylic oxidation sites excluding steroid dienone is 1. The zero-order valence-electron chi connectivity index (χ0n) is 6.22. The summed E-state index contributed by atoms with van der Waals surface area (Å²) >= 11 is 0. The van der Waals surface area contributed by atoms with E-state index in [2.05, 4.69) is 0 Å². The van der Waals surface area contributed by atoms with Gasteiger partial charge in [-0.1, -0.05) is 12.2 Å². The van der Waals surface area contributed by atoms with Crippen LogP contribution in [0.5, 0.6) is 0 Å². The van der Waals surface area contributed by atoms with Gasteiger partial charge < -0.3 is 0 Å². The molecule has 0 amide bonds. The quantitative estimate of drug-likeness (QED) is 0.695. The van der Waals surface area contributed by atoms with Crippen LogP contribution in [0.4, 0.5) is 13.2 Å². The number of hydrogen-bond donors (Lipinski definition) is 1. The lowest BCUT2D eigenvalue weighted by atomic mass is 10.5. The Morgan fingerprint density at radius 1 is 1.42 bits per heavy atom. The Balaban J connectivity index is 4.26. The summed E-state index contributed by atoms with van der Waals surface area (Å²) in [6.07, 6.45) is 2.71. The fourth-order valence-electron chi connectivity index (χ4n) is 0.358. The van der Waals surface area contributed by atoms with Crippen LogP contribution in [0, 0.1) is 0 Å². The van der Waals surface area contributed by atoms with Crippen molar-refractivity contribution >= 4 is 10.0 Å². The van der Waals surface area contributed by atoms with Crippen molar-refractivity contribution in [3.63, 3.8) is 0 Å². The van der Waals surface area contributed by atoms with Gasteiger partial charge in [-0.25, -0.2) is 13.1 Å². The Morgan fingerprint density at radius 2 is 1.92 bits per heavy atom. The second-order valence-electron chi connectivity index (χ2n) is 1.87. The van der Waals surface area contributed by atoms with E-state index in [9.17, 15) is 21.6 Å². The topological polar surface area (TPSA) is 46.2 Å². The number of rotatable bonds is 3. The summed E-state index contributed by atoms with van der Waals surface area (Å²) in [5, 5.41) is 0. The third kappa shape index (κ3) is 3.22. The van der Waals surface area contributed by atoms with E-state index in [1.165, 1.54) is 16.9 Å². The maximum Gasteiger partial charge on any atom is 0.511 e. The molecule has 0 bridgehead atoms. The molecule has 3 nitrogen and oxygen atoms in total. The molecule has 0 saturated heterocycles. The van der Waals surface area contributed by atoms with Crippen molar-refractivity contribution in [2.75, 3.05) is 6.54 Å². The molecule has 7 heteroatoms. The first-order valence-corrected chi connectivity index (χ1v) is 4.46. The lowest BCUT2D eigenvalue weighted by Crippen LogP contribution is -2.36. The van der Waals surface area contributed by atoms with Gasteiger partial charge in [-0.3, -0.25) is 0 Å². The van der Waals surface area contributed by atoms with Crippen LogP contribution < -0.4 is 4.72 Å². The summed E-state index contributed by atoms with van der Waals surface area (Å²) in [4.78, 5) is 0. The minimum Gasteiger partial charge on any atom is -0.204 e. The SMILES string of the molecule is C/C=C/CNS(=O)(=O)C(F)(F)F. The summed E-state index contributed by atoms with van der Waals surface area (Å²) in [5.41, 5.74) is -5.23. The van der Waals surface area contributed by atoms with E-state index >= 15 is 0 Å². The van der Waals surface area contributed by atoms with Crippen LogP contribution in [0.1, 0.15) is 6.92 Å². The summed E-state index contributed by atoms with van der Waals surface area (Å²) in [5.74, 6) is 0. The van der Waals surface area contributed by atoms with Gasteiger partial charge in [0.25, 0.3) is 0 Å². The molecule has 0 aromatic heterocycles. The fourth-order valence-corrected chi connectivity index (χ4v) is 0.837. The fraction of sp³-hybridized carbons (Fsp3) is 0.600. The normalized spacial score (nSPS) is 14.0. The highest BCUT2D eigenvalue weighted by Gasteiger charge is 2.45. The zero-order chi connectivity index (χ0) is 9.83. The molecule has 0 spiro atoms. The third-order valence-corrected chi connectivity index (χ3v) is 2.09. The summed E-state index contributed by atoms with van der Waals surface area (Å²) < 4.78 is 56.6. The van der Waals surface area contributed by atoms with E-state index in [4.69, 9.17) is 0 Å². The molecule has 72 valence electrons. The molecule has 0 aliphatic rings. The van der Waals surface area contributed by atoms with Crippen molar-refractivity contribution < 1.29 is 21.6 Å². The minimum absolute atomic E-state index is 0.349. The first-order chi connectivity index (χ1) is 5.31. The number of alkyl halides is 3. The standard InChI is InChI=1S/C5H8F3NO2S/c1-2-3-4-9-12(10,11)5(6,7)8/h2-3,9H,4H2,1H3/b3-2+. The van der Waals surface area contributed by atoms with E-state index in [0.717, 1.165) is 0 Å². The summed E-state index contributed by atoms with van der Waals surface area (Å²) in [6, 6.07) is 0. The molecule has 0 unspecified atom stereocenters. The first kappa shape index (κ1) is 11.4. The van der Waals surface area contributed by atoms with Gasteiger partial charge in [-0.2, -0.15) is 13.2 Å². The summed E-state index contributed by atoms with van der Waals surface area (Å²) in [7, 11) is -5.17. The van der Waals surface area contributed by atoms with E-state index in [-0.39, 0.29) is 6.54 Å². The van der Waals surface area contributed by atoms with Gasteiger partial charge >= 0.3 is 15.5 Å². The third-order valence-electron chi connectivity index (χ3n) is 0.932. The highest BCUT2D eigenvalue weighted by Crippen LogP contribution is 2.21. The molecule has 0 aromatic rings. The van der Waals surface area contributed by atoms with Crippen LogP contribution in [-0.2, 0) is 10.0 Å². The van der Waals surface area contributed by atoms with Gasteiger partial charge in [0, 0.05) is 6.54 Å². The van der Waals surface area contributed by atoms with Gasteiger partial charge in [0.05, 0.1) is 0 Å². The van der Waals surface area contributed by atoms with Crippen LogP contribution in [0.25, 0.3) is 0 Å². The lowest BCUT2D eigenvalue weighted by molar-refractivity contribution is -0.0446. The molecule has 0 aromatic carbocycles. The van der Waals surface area contributed by atoms with Crippen molar-refractivity contribution in [2.45, 2.75) is 12.4 Å². The molecule has 12 heavy (non-hydrogen) atoms. The maximum absolute atomic E-state index is 11.6. The number of nitrogens with one attached hydrogen (secondary N) is 1. The average molecular weight is 203 g/mol. The van der Waals surface area contributed by atoms with Crippen molar-refractivity contribution in [3.8, 4) is 0 Å². The summed E-state index contributed by atoms with van der Waals surface area (Å²) in [6.45, 7) is 1.22. The highest BCUT2D eigenvalue weighted by molar-refractivity contribution is 7.90. The molecular weight excluding hydrogens is 195 g/mol. The molecule has 0 heterocycles. The smallest absolute Gasteiger partial charge is 0.204 e. The number of sulfonamides is 1. The Kier molecular flexibility index (Phi) is 3.72. The largest absolute Gasteiger partial charge is 0.511 e. The Bertz CT molecular complexity index is 254. The Morgan fingerprint density at radius 3 is 2.25 bits per heavy atom. The Hall–Kier alpha value is -0.560. The molecule has 0 radical (unpaired) electrons. The van der Waals surface area contributed by atoms with E-state index in [1.807, 2.05) is 0 Å². The van der Waals surface area contributed by atoms with Crippen molar-refractivity contribution in [3.05, 3.63) is 12.2 Å². The predicted molar refractivity (Wildman–Crippen MR) is 37.8 cm³/mol. The second kappa shape index (κ2) is 3.90. The molecule has 0 fully saturated rings. The molecule has 0 aliphatic carbocycles. The monoisotopic (exact) mass is 203 g/mol. The van der Waals surface area contributed by atoms with Gasteiger partial charge in [0.2, 0.25) is 0 Å². The molecule has 0 saturated carbocycles. The molecule has 0 atom stereocenters.